The molecule has 7 heteroatoms. The van der Waals surface area contributed by atoms with E-state index >= 15 is 0 Å². The van der Waals surface area contributed by atoms with Crippen molar-refractivity contribution in [3.05, 3.63) is 78.2 Å². The first-order valence-corrected chi connectivity index (χ1v) is 9.36. The predicted molar refractivity (Wildman–Crippen MR) is 112 cm³/mol. The maximum absolute atomic E-state index is 12.8. The first-order valence-electron chi connectivity index (χ1n) is 9.36. The van der Waals surface area contributed by atoms with E-state index in [1.165, 1.54) is 12.4 Å². The molecule has 0 fully saturated rings. The summed E-state index contributed by atoms with van der Waals surface area (Å²) < 4.78 is 5.07. The van der Waals surface area contributed by atoms with E-state index in [9.17, 15) is 9.59 Å². The lowest BCUT2D eigenvalue weighted by molar-refractivity contribution is 0.0527. The quantitative estimate of drug-likeness (QED) is 0.613. The highest BCUT2D eigenvalue weighted by Gasteiger charge is 2.18. The lowest BCUT2D eigenvalue weighted by atomic mass is 10.2. The average Bonchev–Trinajstić information content (AvgIpc) is 2.76. The first kappa shape index (κ1) is 20.0. The van der Waals surface area contributed by atoms with E-state index in [1.807, 2.05) is 37.3 Å². The fourth-order valence-electron chi connectivity index (χ4n) is 2.81. The van der Waals surface area contributed by atoms with Crippen LogP contribution in [0.4, 0.5) is 17.2 Å². The molecular weight excluding hydrogens is 368 g/mol. The molecule has 29 heavy (non-hydrogen) atoms. The Morgan fingerprint density at radius 3 is 2.34 bits per heavy atom. The number of nitrogens with zero attached hydrogens (tertiary/aromatic N) is 3. The number of anilines is 3. The van der Waals surface area contributed by atoms with Crippen LogP contribution < -0.4 is 10.2 Å². The van der Waals surface area contributed by atoms with Gasteiger partial charge in [-0.05, 0) is 38.1 Å². The molecule has 0 aliphatic rings. The number of carbonyl (C=O) groups is 2. The van der Waals surface area contributed by atoms with Crippen molar-refractivity contribution < 1.29 is 14.3 Å². The molecule has 0 saturated heterocycles. The third kappa shape index (κ3) is 4.76. The minimum Gasteiger partial charge on any atom is -0.462 e. The van der Waals surface area contributed by atoms with Gasteiger partial charge in [-0.15, -0.1) is 0 Å². The Balaban J connectivity index is 1.77. The van der Waals surface area contributed by atoms with Crippen molar-refractivity contribution in [3.63, 3.8) is 0 Å². The maximum atomic E-state index is 12.8. The number of hydrogen-bond donors (Lipinski definition) is 1. The standard InChI is InChI=1S/C22H22N4O3/c1-3-26(16-10-6-5-7-11-16)21(27)19-14-24-20(15-23-19)25-18-13-9-8-12-17(18)22(28)29-4-2/h5-15H,3-4H2,1-2H3,(H,24,25). The van der Waals surface area contributed by atoms with Gasteiger partial charge in [0.25, 0.3) is 5.91 Å². The van der Waals surface area contributed by atoms with Gasteiger partial charge in [-0.2, -0.15) is 0 Å². The first-order chi connectivity index (χ1) is 14.1. The van der Waals surface area contributed by atoms with Gasteiger partial charge in [0, 0.05) is 12.2 Å². The van der Waals surface area contributed by atoms with Crippen molar-refractivity contribution in [1.29, 1.82) is 0 Å². The zero-order valence-electron chi connectivity index (χ0n) is 16.3. The summed E-state index contributed by atoms with van der Waals surface area (Å²) >= 11 is 0. The molecule has 0 saturated carbocycles. The van der Waals surface area contributed by atoms with Crippen molar-refractivity contribution in [2.75, 3.05) is 23.4 Å². The van der Waals surface area contributed by atoms with E-state index in [0.29, 0.717) is 30.2 Å². The van der Waals surface area contributed by atoms with E-state index < -0.39 is 5.97 Å². The van der Waals surface area contributed by atoms with Gasteiger partial charge >= 0.3 is 5.97 Å². The number of aromatic nitrogens is 2. The second kappa shape index (κ2) is 9.45. The minimum atomic E-state index is -0.420. The summed E-state index contributed by atoms with van der Waals surface area (Å²) in [5, 5.41) is 3.05. The summed E-state index contributed by atoms with van der Waals surface area (Å²) in [6.45, 7) is 4.46. The predicted octanol–water partition coefficient (Wildman–Crippen LogP) is 4.06. The van der Waals surface area contributed by atoms with Crippen LogP contribution in [0.25, 0.3) is 0 Å². The Kier molecular flexibility index (Phi) is 6.52. The lowest BCUT2D eigenvalue weighted by Crippen LogP contribution is -2.31. The molecule has 0 radical (unpaired) electrons. The summed E-state index contributed by atoms with van der Waals surface area (Å²) in [5.41, 5.74) is 1.99. The van der Waals surface area contributed by atoms with Crippen molar-refractivity contribution >= 4 is 29.1 Å². The SMILES string of the molecule is CCOC(=O)c1ccccc1Nc1cnc(C(=O)N(CC)c2ccccc2)cn1. The van der Waals surface area contributed by atoms with Gasteiger partial charge < -0.3 is 15.0 Å². The molecule has 0 bridgehead atoms. The monoisotopic (exact) mass is 390 g/mol. The smallest absolute Gasteiger partial charge is 0.340 e. The van der Waals surface area contributed by atoms with Crippen LogP contribution in [0.15, 0.2) is 67.0 Å². The van der Waals surface area contributed by atoms with E-state index in [2.05, 4.69) is 15.3 Å². The van der Waals surface area contributed by atoms with Crippen LogP contribution in [0.5, 0.6) is 0 Å². The molecule has 148 valence electrons. The molecule has 1 amide bonds. The fraction of sp³-hybridized carbons (Fsp3) is 0.182. The van der Waals surface area contributed by atoms with Gasteiger partial charge in [0.15, 0.2) is 0 Å². The molecule has 3 aromatic rings. The number of benzene rings is 2. The summed E-state index contributed by atoms with van der Waals surface area (Å²) in [4.78, 5) is 35.1. The number of nitrogens with one attached hydrogen (secondary N) is 1. The zero-order valence-corrected chi connectivity index (χ0v) is 16.3. The average molecular weight is 390 g/mol. The van der Waals surface area contributed by atoms with Gasteiger partial charge in [0.05, 0.1) is 30.3 Å². The molecule has 0 spiro atoms. The Bertz CT molecular complexity index is 975. The van der Waals surface area contributed by atoms with Gasteiger partial charge in [0.2, 0.25) is 0 Å². The molecule has 0 aliphatic carbocycles. The van der Waals surface area contributed by atoms with Gasteiger partial charge in [-0.1, -0.05) is 30.3 Å². The van der Waals surface area contributed by atoms with Crippen molar-refractivity contribution in [1.82, 2.24) is 9.97 Å². The van der Waals surface area contributed by atoms with E-state index in [-0.39, 0.29) is 11.6 Å². The number of rotatable bonds is 7. The summed E-state index contributed by atoms with van der Waals surface area (Å²) in [6, 6.07) is 16.4. The van der Waals surface area contributed by atoms with E-state index in [0.717, 1.165) is 5.69 Å². The number of ether oxygens (including phenoxy) is 1. The second-order valence-electron chi connectivity index (χ2n) is 6.06. The van der Waals surface area contributed by atoms with E-state index in [1.54, 1.807) is 36.1 Å². The fourth-order valence-corrected chi connectivity index (χ4v) is 2.81. The van der Waals surface area contributed by atoms with Crippen LogP contribution in [-0.4, -0.2) is 35.0 Å². The van der Waals surface area contributed by atoms with Crippen molar-refractivity contribution in [2.45, 2.75) is 13.8 Å². The zero-order chi connectivity index (χ0) is 20.6. The molecule has 0 aliphatic heterocycles. The van der Waals surface area contributed by atoms with Crippen LogP contribution in [0.3, 0.4) is 0 Å². The number of hydrogen-bond acceptors (Lipinski definition) is 6. The van der Waals surface area contributed by atoms with Crippen LogP contribution in [0.1, 0.15) is 34.7 Å². The van der Waals surface area contributed by atoms with Crippen molar-refractivity contribution in [2.24, 2.45) is 0 Å². The third-order valence-electron chi connectivity index (χ3n) is 4.19. The molecule has 1 N–H and O–H groups in total. The Hall–Kier alpha value is -3.74. The number of amides is 1. The molecular formula is C22H22N4O3. The molecule has 0 unspecified atom stereocenters. The van der Waals surface area contributed by atoms with Gasteiger partial charge in [0.1, 0.15) is 11.5 Å². The van der Waals surface area contributed by atoms with Crippen LogP contribution >= 0.6 is 0 Å². The topological polar surface area (TPSA) is 84.4 Å². The minimum absolute atomic E-state index is 0.232. The lowest BCUT2D eigenvalue weighted by Gasteiger charge is -2.20. The van der Waals surface area contributed by atoms with Crippen molar-refractivity contribution in [3.8, 4) is 0 Å². The summed E-state index contributed by atoms with van der Waals surface area (Å²) in [7, 11) is 0. The number of esters is 1. The normalized spacial score (nSPS) is 10.3. The molecule has 2 aromatic carbocycles. The summed E-state index contributed by atoms with van der Waals surface area (Å²) in [6.07, 6.45) is 2.89. The number of para-hydroxylation sites is 2. The largest absolute Gasteiger partial charge is 0.462 e. The Labute approximate surface area is 169 Å². The molecule has 0 atom stereocenters. The molecule has 3 rings (SSSR count). The second-order valence-corrected chi connectivity index (χ2v) is 6.06. The number of carbonyl (C=O) groups excluding carboxylic acids is 2. The molecule has 1 heterocycles. The Morgan fingerprint density at radius 2 is 1.69 bits per heavy atom. The molecule has 1 aromatic heterocycles. The molecule has 7 nitrogen and oxygen atoms in total. The van der Waals surface area contributed by atoms with Gasteiger partial charge in [-0.3, -0.25) is 4.79 Å². The van der Waals surface area contributed by atoms with Gasteiger partial charge in [-0.25, -0.2) is 14.8 Å². The third-order valence-corrected chi connectivity index (χ3v) is 4.19. The highest BCUT2D eigenvalue weighted by Crippen LogP contribution is 2.21. The van der Waals surface area contributed by atoms with Crippen LogP contribution in [0.2, 0.25) is 0 Å². The van der Waals surface area contributed by atoms with Crippen LogP contribution in [0, 0.1) is 0 Å². The Morgan fingerprint density at radius 1 is 0.966 bits per heavy atom. The maximum Gasteiger partial charge on any atom is 0.340 e. The summed E-state index contributed by atoms with van der Waals surface area (Å²) in [5.74, 6) is -0.234. The van der Waals surface area contributed by atoms with Crippen LogP contribution in [-0.2, 0) is 4.74 Å². The highest BCUT2D eigenvalue weighted by molar-refractivity contribution is 6.04. The highest BCUT2D eigenvalue weighted by atomic mass is 16.5. The van der Waals surface area contributed by atoms with E-state index in [4.69, 9.17) is 4.74 Å².